The lowest BCUT2D eigenvalue weighted by molar-refractivity contribution is 0.574. The lowest BCUT2D eigenvalue weighted by Gasteiger charge is -2.20. The van der Waals surface area contributed by atoms with E-state index in [1.165, 1.54) is 6.07 Å². The van der Waals surface area contributed by atoms with E-state index in [1.807, 2.05) is 24.3 Å². The van der Waals surface area contributed by atoms with Gasteiger partial charge in [-0.15, -0.1) is 0 Å². The van der Waals surface area contributed by atoms with Crippen LogP contribution < -0.4 is 10.6 Å². The van der Waals surface area contributed by atoms with Crippen molar-refractivity contribution < 1.29 is 8.81 Å². The van der Waals surface area contributed by atoms with Gasteiger partial charge in [-0.2, -0.15) is 4.98 Å². The highest BCUT2D eigenvalue weighted by molar-refractivity contribution is 5.75. The number of fused-ring (bicyclic) bond motifs is 1. The second-order valence-electron chi connectivity index (χ2n) is 4.71. The third-order valence-electron chi connectivity index (χ3n) is 3.24. The molecule has 0 amide bonds. The maximum Gasteiger partial charge on any atom is 0.303 e. The Morgan fingerprint density at radius 3 is 2.62 bits per heavy atom. The van der Waals surface area contributed by atoms with Gasteiger partial charge in [-0.25, -0.2) is 4.39 Å². The molecule has 0 spiro atoms. The van der Waals surface area contributed by atoms with Crippen molar-refractivity contribution in [2.24, 2.45) is 5.73 Å². The van der Waals surface area contributed by atoms with Crippen molar-refractivity contribution in [1.29, 1.82) is 0 Å². The van der Waals surface area contributed by atoms with Crippen LogP contribution in [-0.4, -0.2) is 18.1 Å². The highest BCUT2D eigenvalue weighted by atomic mass is 19.1. The van der Waals surface area contributed by atoms with Crippen molar-refractivity contribution in [1.82, 2.24) is 4.98 Å². The SMILES string of the molecule is NCCCN(c1nc2ccccc2o1)c1ccccc1F. The van der Waals surface area contributed by atoms with Gasteiger partial charge in [0, 0.05) is 6.54 Å². The lowest BCUT2D eigenvalue weighted by Crippen LogP contribution is -2.22. The summed E-state index contributed by atoms with van der Waals surface area (Å²) in [6, 6.07) is 14.4. The standard InChI is InChI=1S/C16H16FN3O/c17-12-6-1-3-8-14(12)20(11-5-10-18)16-19-13-7-2-4-9-15(13)21-16/h1-4,6-9H,5,10-11,18H2. The lowest BCUT2D eigenvalue weighted by atomic mass is 10.2. The Morgan fingerprint density at radius 1 is 1.10 bits per heavy atom. The number of para-hydroxylation sites is 3. The Kier molecular flexibility index (Phi) is 3.83. The van der Waals surface area contributed by atoms with Crippen LogP contribution in [0.1, 0.15) is 6.42 Å². The fourth-order valence-electron chi connectivity index (χ4n) is 2.21. The first-order valence-electron chi connectivity index (χ1n) is 6.87. The molecule has 5 heteroatoms. The molecular formula is C16H16FN3O. The van der Waals surface area contributed by atoms with Gasteiger partial charge >= 0.3 is 6.01 Å². The quantitative estimate of drug-likeness (QED) is 0.780. The van der Waals surface area contributed by atoms with E-state index in [9.17, 15) is 4.39 Å². The summed E-state index contributed by atoms with van der Waals surface area (Å²) in [4.78, 5) is 6.16. The van der Waals surface area contributed by atoms with Gasteiger partial charge < -0.3 is 10.2 Å². The average Bonchev–Trinajstić information content (AvgIpc) is 2.93. The Hall–Kier alpha value is -2.40. The molecule has 0 saturated heterocycles. The fourth-order valence-corrected chi connectivity index (χ4v) is 2.21. The molecule has 1 heterocycles. The molecule has 2 N–H and O–H groups in total. The summed E-state index contributed by atoms with van der Waals surface area (Å²) >= 11 is 0. The number of aromatic nitrogens is 1. The molecular weight excluding hydrogens is 269 g/mol. The van der Waals surface area contributed by atoms with Gasteiger partial charge in [-0.05, 0) is 37.2 Å². The summed E-state index contributed by atoms with van der Waals surface area (Å²) in [5.41, 5.74) is 7.45. The van der Waals surface area contributed by atoms with Gasteiger partial charge in [0.1, 0.15) is 11.3 Å². The Bertz CT molecular complexity index is 708. The predicted molar refractivity (Wildman–Crippen MR) is 81.1 cm³/mol. The van der Waals surface area contributed by atoms with E-state index in [4.69, 9.17) is 10.2 Å². The first-order chi connectivity index (χ1) is 10.3. The number of rotatable bonds is 5. The average molecular weight is 285 g/mol. The molecule has 1 aromatic heterocycles. The number of nitrogens with two attached hydrogens (primary N) is 1. The molecule has 0 atom stereocenters. The second-order valence-corrected chi connectivity index (χ2v) is 4.71. The van der Waals surface area contributed by atoms with Gasteiger partial charge in [0.15, 0.2) is 5.58 Å². The predicted octanol–water partition coefficient (Wildman–Crippen LogP) is 3.45. The van der Waals surface area contributed by atoms with E-state index in [0.29, 0.717) is 36.8 Å². The molecule has 0 fully saturated rings. The normalized spacial score (nSPS) is 11.0. The summed E-state index contributed by atoms with van der Waals surface area (Å²) in [6.45, 7) is 1.06. The van der Waals surface area contributed by atoms with Crippen LogP contribution in [-0.2, 0) is 0 Å². The molecule has 0 aliphatic rings. The molecule has 0 radical (unpaired) electrons. The number of nitrogens with zero attached hydrogens (tertiary/aromatic N) is 2. The summed E-state index contributed by atoms with van der Waals surface area (Å²) in [5, 5.41) is 0. The number of halogens is 1. The zero-order valence-corrected chi connectivity index (χ0v) is 11.5. The van der Waals surface area contributed by atoms with E-state index in [1.54, 1.807) is 23.1 Å². The highest BCUT2D eigenvalue weighted by Gasteiger charge is 2.18. The molecule has 0 aliphatic carbocycles. The maximum atomic E-state index is 14.1. The molecule has 3 rings (SSSR count). The molecule has 3 aromatic rings. The third-order valence-corrected chi connectivity index (χ3v) is 3.24. The smallest absolute Gasteiger partial charge is 0.303 e. The highest BCUT2D eigenvalue weighted by Crippen LogP contribution is 2.29. The molecule has 0 bridgehead atoms. The number of anilines is 2. The van der Waals surface area contributed by atoms with E-state index >= 15 is 0 Å². The summed E-state index contributed by atoms with van der Waals surface area (Å²) in [7, 11) is 0. The first-order valence-corrected chi connectivity index (χ1v) is 6.87. The first kappa shape index (κ1) is 13.6. The van der Waals surface area contributed by atoms with Crippen molar-refractivity contribution in [3.05, 3.63) is 54.3 Å². The van der Waals surface area contributed by atoms with Crippen LogP contribution >= 0.6 is 0 Å². The van der Waals surface area contributed by atoms with Crippen LogP contribution in [0.2, 0.25) is 0 Å². The molecule has 108 valence electrons. The van der Waals surface area contributed by atoms with Crippen molar-refractivity contribution in [3.63, 3.8) is 0 Å². The molecule has 0 saturated carbocycles. The minimum atomic E-state index is -0.309. The molecule has 2 aromatic carbocycles. The minimum absolute atomic E-state index is 0.309. The van der Waals surface area contributed by atoms with Crippen molar-refractivity contribution in [3.8, 4) is 0 Å². The van der Waals surface area contributed by atoms with E-state index in [-0.39, 0.29) is 5.82 Å². The van der Waals surface area contributed by atoms with Crippen LogP contribution in [0.3, 0.4) is 0 Å². The Morgan fingerprint density at radius 2 is 1.86 bits per heavy atom. The molecule has 0 aliphatic heterocycles. The summed E-state index contributed by atoms with van der Waals surface area (Å²) < 4.78 is 19.8. The number of hydrogen-bond acceptors (Lipinski definition) is 4. The van der Waals surface area contributed by atoms with E-state index < -0.39 is 0 Å². The van der Waals surface area contributed by atoms with Crippen LogP contribution in [0.5, 0.6) is 0 Å². The van der Waals surface area contributed by atoms with Crippen LogP contribution in [0.25, 0.3) is 11.1 Å². The number of oxazole rings is 1. The summed E-state index contributed by atoms with van der Waals surface area (Å²) in [6.07, 6.45) is 0.715. The zero-order chi connectivity index (χ0) is 14.7. The van der Waals surface area contributed by atoms with Gasteiger partial charge in [-0.1, -0.05) is 24.3 Å². The summed E-state index contributed by atoms with van der Waals surface area (Å²) in [5.74, 6) is -0.309. The van der Waals surface area contributed by atoms with Crippen LogP contribution in [0, 0.1) is 5.82 Å². The van der Waals surface area contributed by atoms with Gasteiger partial charge in [-0.3, -0.25) is 4.90 Å². The third kappa shape index (κ3) is 2.73. The van der Waals surface area contributed by atoms with Crippen molar-refractivity contribution >= 4 is 22.8 Å². The fraction of sp³-hybridized carbons (Fsp3) is 0.188. The monoisotopic (exact) mass is 285 g/mol. The number of benzene rings is 2. The van der Waals surface area contributed by atoms with Gasteiger partial charge in [0.25, 0.3) is 0 Å². The van der Waals surface area contributed by atoms with Crippen molar-refractivity contribution in [2.45, 2.75) is 6.42 Å². The Labute approximate surface area is 122 Å². The minimum Gasteiger partial charge on any atom is -0.423 e. The molecule has 21 heavy (non-hydrogen) atoms. The van der Waals surface area contributed by atoms with Gasteiger partial charge in [0.2, 0.25) is 0 Å². The molecule has 0 unspecified atom stereocenters. The van der Waals surface area contributed by atoms with Crippen molar-refractivity contribution in [2.75, 3.05) is 18.0 Å². The van der Waals surface area contributed by atoms with E-state index in [2.05, 4.69) is 4.98 Å². The topological polar surface area (TPSA) is 55.3 Å². The van der Waals surface area contributed by atoms with Gasteiger partial charge in [0.05, 0.1) is 5.69 Å². The van der Waals surface area contributed by atoms with Crippen LogP contribution in [0.4, 0.5) is 16.1 Å². The zero-order valence-electron chi connectivity index (χ0n) is 11.5. The maximum absolute atomic E-state index is 14.1. The Balaban J connectivity index is 2.04. The largest absolute Gasteiger partial charge is 0.423 e. The van der Waals surface area contributed by atoms with E-state index in [0.717, 1.165) is 5.52 Å². The molecule has 4 nitrogen and oxygen atoms in total. The number of hydrogen-bond donors (Lipinski definition) is 1. The van der Waals surface area contributed by atoms with Crippen LogP contribution in [0.15, 0.2) is 52.9 Å². The second kappa shape index (κ2) is 5.93.